The maximum atomic E-state index is 11.5. The van der Waals surface area contributed by atoms with Crippen molar-refractivity contribution in [2.75, 3.05) is 25.1 Å². The monoisotopic (exact) mass is 377 g/mol. The van der Waals surface area contributed by atoms with Crippen LogP contribution in [0.3, 0.4) is 0 Å². The Morgan fingerprint density at radius 2 is 2.04 bits per heavy atom. The molecule has 5 nitrogen and oxygen atoms in total. The van der Waals surface area contributed by atoms with Crippen LogP contribution in [-0.4, -0.2) is 45.5 Å². The molecule has 0 bridgehead atoms. The highest BCUT2D eigenvalue weighted by Gasteiger charge is 2.28. The van der Waals surface area contributed by atoms with Crippen LogP contribution in [0.1, 0.15) is 24.8 Å². The van der Waals surface area contributed by atoms with Crippen LogP contribution in [0.15, 0.2) is 23.2 Å². The van der Waals surface area contributed by atoms with Crippen molar-refractivity contribution >= 4 is 39.0 Å². The van der Waals surface area contributed by atoms with E-state index < -0.39 is 9.84 Å². The third-order valence-electron chi connectivity index (χ3n) is 3.87. The standard InChI is InChI=1S/C15H21Cl2N3O2S/c1-10(14-12(16)4-3-5-13(14)17)8-19-15(18-2)20-11-6-7-23(21,22)9-11/h3-5,10-11H,6-9H2,1-2H3,(H2,18,19,20). The van der Waals surface area contributed by atoms with Crippen LogP contribution >= 0.6 is 23.2 Å². The normalized spacial score (nSPS) is 21.9. The van der Waals surface area contributed by atoms with E-state index in [1.165, 1.54) is 0 Å². The van der Waals surface area contributed by atoms with E-state index in [-0.39, 0.29) is 23.5 Å². The molecule has 2 rings (SSSR count). The summed E-state index contributed by atoms with van der Waals surface area (Å²) in [5.74, 6) is 1.05. The first-order valence-corrected chi connectivity index (χ1v) is 10.0. The van der Waals surface area contributed by atoms with Gasteiger partial charge in [0.2, 0.25) is 0 Å². The van der Waals surface area contributed by atoms with Crippen molar-refractivity contribution in [3.63, 3.8) is 0 Å². The maximum Gasteiger partial charge on any atom is 0.191 e. The molecule has 0 aromatic heterocycles. The van der Waals surface area contributed by atoms with Crippen LogP contribution in [0.4, 0.5) is 0 Å². The molecule has 1 aliphatic rings. The van der Waals surface area contributed by atoms with Gasteiger partial charge in [-0.3, -0.25) is 4.99 Å². The van der Waals surface area contributed by atoms with Gasteiger partial charge in [0, 0.05) is 35.6 Å². The molecule has 23 heavy (non-hydrogen) atoms. The molecule has 2 atom stereocenters. The molecule has 1 fully saturated rings. The number of hydrogen-bond donors (Lipinski definition) is 2. The minimum absolute atomic E-state index is 0.0852. The quantitative estimate of drug-likeness (QED) is 0.624. The van der Waals surface area contributed by atoms with Crippen molar-refractivity contribution in [1.82, 2.24) is 10.6 Å². The molecule has 0 saturated carbocycles. The molecule has 1 saturated heterocycles. The molecule has 0 aliphatic carbocycles. The summed E-state index contributed by atoms with van der Waals surface area (Å²) in [6.45, 7) is 2.61. The fourth-order valence-corrected chi connectivity index (χ4v) is 5.07. The van der Waals surface area contributed by atoms with Gasteiger partial charge in [-0.15, -0.1) is 0 Å². The molecular weight excluding hydrogens is 357 g/mol. The van der Waals surface area contributed by atoms with Crippen LogP contribution in [-0.2, 0) is 9.84 Å². The molecule has 0 radical (unpaired) electrons. The average molecular weight is 378 g/mol. The Morgan fingerprint density at radius 3 is 2.57 bits per heavy atom. The summed E-state index contributed by atoms with van der Waals surface area (Å²) >= 11 is 12.4. The predicted molar refractivity (Wildman–Crippen MR) is 96.4 cm³/mol. The number of sulfone groups is 1. The van der Waals surface area contributed by atoms with Gasteiger partial charge in [-0.25, -0.2) is 8.42 Å². The summed E-state index contributed by atoms with van der Waals surface area (Å²) in [7, 11) is -1.26. The number of halogens is 2. The molecule has 0 amide bonds. The summed E-state index contributed by atoms with van der Waals surface area (Å²) in [6, 6.07) is 5.35. The number of nitrogens with zero attached hydrogens (tertiary/aromatic N) is 1. The first kappa shape index (κ1) is 18.4. The fourth-order valence-electron chi connectivity index (χ4n) is 2.63. The van der Waals surface area contributed by atoms with Crippen LogP contribution in [0.5, 0.6) is 0 Å². The maximum absolute atomic E-state index is 11.5. The Balaban J connectivity index is 1.93. The molecular formula is C15H21Cl2N3O2S. The lowest BCUT2D eigenvalue weighted by atomic mass is 10.0. The van der Waals surface area contributed by atoms with Gasteiger partial charge in [0.15, 0.2) is 15.8 Å². The Hall–Kier alpha value is -0.980. The zero-order valence-corrected chi connectivity index (χ0v) is 15.5. The lowest BCUT2D eigenvalue weighted by Crippen LogP contribution is -2.45. The van der Waals surface area contributed by atoms with Gasteiger partial charge in [0.1, 0.15) is 0 Å². The Bertz CT molecular complexity index is 672. The number of guanidine groups is 1. The first-order chi connectivity index (χ1) is 10.8. The number of nitrogens with one attached hydrogen (secondary N) is 2. The van der Waals surface area contributed by atoms with Gasteiger partial charge < -0.3 is 10.6 Å². The highest BCUT2D eigenvalue weighted by Crippen LogP contribution is 2.30. The van der Waals surface area contributed by atoms with Crippen molar-refractivity contribution in [2.24, 2.45) is 4.99 Å². The Labute approximate surface area is 147 Å². The first-order valence-electron chi connectivity index (χ1n) is 7.44. The van der Waals surface area contributed by atoms with E-state index in [0.717, 1.165) is 5.56 Å². The van der Waals surface area contributed by atoms with Crippen molar-refractivity contribution in [3.05, 3.63) is 33.8 Å². The zero-order chi connectivity index (χ0) is 17.0. The number of hydrogen-bond acceptors (Lipinski definition) is 3. The van der Waals surface area contributed by atoms with Gasteiger partial charge >= 0.3 is 0 Å². The van der Waals surface area contributed by atoms with Gasteiger partial charge in [0.05, 0.1) is 11.5 Å². The van der Waals surface area contributed by atoms with Crippen LogP contribution in [0, 0.1) is 0 Å². The molecule has 8 heteroatoms. The topological polar surface area (TPSA) is 70.6 Å². The minimum Gasteiger partial charge on any atom is -0.356 e. The van der Waals surface area contributed by atoms with Crippen molar-refractivity contribution in [2.45, 2.75) is 25.3 Å². The SMILES string of the molecule is CN=C(NCC(C)c1c(Cl)cccc1Cl)NC1CCS(=O)(=O)C1. The Morgan fingerprint density at radius 1 is 1.39 bits per heavy atom. The van der Waals surface area contributed by atoms with E-state index in [1.807, 2.05) is 25.1 Å². The summed E-state index contributed by atoms with van der Waals surface area (Å²) in [5.41, 5.74) is 0.891. The van der Waals surface area contributed by atoms with Crippen molar-refractivity contribution in [1.29, 1.82) is 0 Å². The second-order valence-electron chi connectivity index (χ2n) is 5.73. The summed E-state index contributed by atoms with van der Waals surface area (Å²) < 4.78 is 23.0. The van der Waals surface area contributed by atoms with Gasteiger partial charge in [0.25, 0.3) is 0 Å². The van der Waals surface area contributed by atoms with E-state index in [2.05, 4.69) is 15.6 Å². The zero-order valence-electron chi connectivity index (χ0n) is 13.1. The molecule has 2 unspecified atom stereocenters. The Kier molecular flexibility index (Phi) is 6.17. The van der Waals surface area contributed by atoms with Crippen LogP contribution in [0.2, 0.25) is 10.0 Å². The van der Waals surface area contributed by atoms with Crippen LogP contribution in [0.25, 0.3) is 0 Å². The third kappa shape index (κ3) is 4.99. The minimum atomic E-state index is -2.91. The third-order valence-corrected chi connectivity index (χ3v) is 6.29. The molecule has 2 N–H and O–H groups in total. The van der Waals surface area contributed by atoms with Gasteiger partial charge in [-0.05, 0) is 24.1 Å². The molecule has 0 spiro atoms. The van der Waals surface area contributed by atoms with Crippen LogP contribution < -0.4 is 10.6 Å². The van der Waals surface area contributed by atoms with E-state index >= 15 is 0 Å². The fraction of sp³-hybridized carbons (Fsp3) is 0.533. The van der Waals surface area contributed by atoms with E-state index in [4.69, 9.17) is 23.2 Å². The number of aliphatic imine (C=N–C) groups is 1. The average Bonchev–Trinajstić information content (AvgIpc) is 2.82. The number of rotatable bonds is 4. The largest absolute Gasteiger partial charge is 0.356 e. The van der Waals surface area contributed by atoms with Crippen molar-refractivity contribution in [3.8, 4) is 0 Å². The van der Waals surface area contributed by atoms with Gasteiger partial charge in [-0.2, -0.15) is 0 Å². The van der Waals surface area contributed by atoms with E-state index in [9.17, 15) is 8.42 Å². The molecule has 1 heterocycles. The summed E-state index contributed by atoms with van der Waals surface area (Å²) in [4.78, 5) is 4.14. The van der Waals surface area contributed by atoms with E-state index in [1.54, 1.807) is 7.05 Å². The van der Waals surface area contributed by atoms with Crippen molar-refractivity contribution < 1.29 is 8.42 Å². The predicted octanol–water partition coefficient (Wildman–Crippen LogP) is 2.45. The lowest BCUT2D eigenvalue weighted by Gasteiger charge is -2.20. The lowest BCUT2D eigenvalue weighted by molar-refractivity contribution is 0.599. The van der Waals surface area contributed by atoms with Gasteiger partial charge in [-0.1, -0.05) is 36.2 Å². The summed E-state index contributed by atoms with van der Waals surface area (Å²) in [6.07, 6.45) is 0.606. The smallest absolute Gasteiger partial charge is 0.191 e. The summed E-state index contributed by atoms with van der Waals surface area (Å²) in [5, 5.41) is 7.63. The number of benzene rings is 1. The molecule has 128 valence electrons. The second-order valence-corrected chi connectivity index (χ2v) is 8.78. The second kappa shape index (κ2) is 7.73. The molecule has 1 aromatic carbocycles. The highest BCUT2D eigenvalue weighted by atomic mass is 35.5. The van der Waals surface area contributed by atoms with E-state index in [0.29, 0.717) is 29.0 Å². The highest BCUT2D eigenvalue weighted by molar-refractivity contribution is 7.91. The molecule has 1 aromatic rings. The molecule has 1 aliphatic heterocycles.